The van der Waals surface area contributed by atoms with Crippen LogP contribution in [0, 0.1) is 30.1 Å². The van der Waals surface area contributed by atoms with Crippen molar-refractivity contribution in [3.05, 3.63) is 0 Å². The molecule has 3 rings (SSSR count). The zero-order valence-electron chi connectivity index (χ0n) is 35.7. The van der Waals surface area contributed by atoms with Gasteiger partial charge in [0.25, 0.3) is 0 Å². The Morgan fingerprint density at radius 2 is 1.64 bits per heavy atom. The summed E-state index contributed by atoms with van der Waals surface area (Å²) in [6.45, 7) is 18.5. The lowest BCUT2D eigenvalue weighted by Crippen LogP contribution is -2.60. The Kier molecular flexibility index (Phi) is 17.0. The Bertz CT molecular complexity index is 1260. The third kappa shape index (κ3) is 11.2. The molecule has 3 heterocycles. The van der Waals surface area contributed by atoms with Gasteiger partial charge in [0.05, 0.1) is 41.5 Å². The number of esters is 1. The molecule has 18 atom stereocenters. The number of ether oxygens (including phenoxy) is 6. The third-order valence-corrected chi connectivity index (χ3v) is 12.7. The molecule has 14 heteroatoms. The maximum absolute atomic E-state index is 14.3. The molecule has 0 aromatic carbocycles. The number of carbonyl (C=O) groups excluding carboxylic acids is 1. The second-order valence-corrected chi connectivity index (χ2v) is 17.6. The molecule has 0 spiro atoms. The molecule has 55 heavy (non-hydrogen) atoms. The van der Waals surface area contributed by atoms with Crippen molar-refractivity contribution in [3.8, 4) is 12.3 Å². The van der Waals surface area contributed by atoms with E-state index in [1.54, 1.807) is 41.5 Å². The fraction of sp³-hybridized carbons (Fsp3) is 0.927. The van der Waals surface area contributed by atoms with Crippen molar-refractivity contribution in [1.82, 2.24) is 9.80 Å². The summed E-state index contributed by atoms with van der Waals surface area (Å²) < 4.78 is 37.7. The van der Waals surface area contributed by atoms with Gasteiger partial charge in [0.1, 0.15) is 30.0 Å². The van der Waals surface area contributed by atoms with Crippen molar-refractivity contribution < 1.29 is 58.7 Å². The average Bonchev–Trinajstić information content (AvgIpc) is 3.11. The number of hydrogen-bond donors (Lipinski definition) is 5. The van der Waals surface area contributed by atoms with Crippen LogP contribution in [0.15, 0.2) is 0 Å². The summed E-state index contributed by atoms with van der Waals surface area (Å²) in [5, 5.41) is 58.6. The van der Waals surface area contributed by atoms with E-state index in [1.165, 1.54) is 14.0 Å². The van der Waals surface area contributed by atoms with Crippen LogP contribution in [0.2, 0.25) is 0 Å². The number of terminal acetylenes is 1. The van der Waals surface area contributed by atoms with E-state index < -0.39 is 96.0 Å². The van der Waals surface area contributed by atoms with Crippen molar-refractivity contribution in [2.24, 2.45) is 17.8 Å². The zero-order chi connectivity index (χ0) is 41.8. The van der Waals surface area contributed by atoms with Crippen LogP contribution in [0.25, 0.3) is 0 Å². The molecule has 0 amide bonds. The molecule has 320 valence electrons. The van der Waals surface area contributed by atoms with Crippen LogP contribution >= 0.6 is 0 Å². The molecule has 14 nitrogen and oxygen atoms in total. The van der Waals surface area contributed by atoms with Gasteiger partial charge in [-0.2, -0.15) is 0 Å². The highest BCUT2D eigenvalue weighted by atomic mass is 16.7. The van der Waals surface area contributed by atoms with Gasteiger partial charge in [0.2, 0.25) is 0 Å². The van der Waals surface area contributed by atoms with Crippen LogP contribution < -0.4 is 0 Å². The van der Waals surface area contributed by atoms with E-state index >= 15 is 0 Å². The number of nitrogens with zero attached hydrogens (tertiary/aromatic N) is 2. The standard InChI is InChI=1S/C41H74N2O12/c1-15-17-18-42(12)29-19-24(4)51-38(32(29)44)55-36-25(5)33(54-31-21-40(10,50-14)35(46)28(8)52-31)26(6)37(47)53-30(16-2)41(11,49)34(45)27(7)43(13)22-23(3)20-39(36,9)48/h1,23-36,38,44-46,48-49H,16-22H2,2-14H3/t23-,24-,25+,26-,27-,28+,29+,30-,31+,32-,33+,34-,35+,36-,38?,39-,40-,41-/m1/s1. The van der Waals surface area contributed by atoms with Gasteiger partial charge in [-0.3, -0.25) is 9.69 Å². The lowest BCUT2D eigenvalue weighted by molar-refractivity contribution is -0.318. The molecule has 0 radical (unpaired) electrons. The minimum atomic E-state index is -1.81. The summed E-state index contributed by atoms with van der Waals surface area (Å²) in [7, 11) is 5.24. The van der Waals surface area contributed by atoms with Gasteiger partial charge in [-0.15, -0.1) is 12.3 Å². The quantitative estimate of drug-likeness (QED) is 0.170. The van der Waals surface area contributed by atoms with Crippen LogP contribution in [-0.4, -0.2) is 166 Å². The first-order chi connectivity index (χ1) is 25.4. The fourth-order valence-electron chi connectivity index (χ4n) is 9.07. The van der Waals surface area contributed by atoms with E-state index in [-0.39, 0.29) is 37.3 Å². The monoisotopic (exact) mass is 787 g/mol. The molecule has 3 aliphatic rings. The number of likely N-dealkylation sites (N-methyl/N-ethyl adjacent to an activating group) is 2. The number of aliphatic hydroxyl groups is 5. The molecule has 0 saturated carbocycles. The first-order valence-electron chi connectivity index (χ1n) is 20.2. The predicted molar refractivity (Wildman–Crippen MR) is 207 cm³/mol. The fourth-order valence-corrected chi connectivity index (χ4v) is 9.07. The minimum absolute atomic E-state index is 0.120. The summed E-state index contributed by atoms with van der Waals surface area (Å²) in [6.07, 6.45) is -2.52. The summed E-state index contributed by atoms with van der Waals surface area (Å²) in [5.41, 5.74) is -4.43. The minimum Gasteiger partial charge on any atom is -0.459 e. The maximum atomic E-state index is 14.3. The van der Waals surface area contributed by atoms with Gasteiger partial charge < -0.3 is 58.9 Å². The second kappa shape index (κ2) is 19.5. The smallest absolute Gasteiger partial charge is 0.311 e. The van der Waals surface area contributed by atoms with Crippen LogP contribution in [0.4, 0.5) is 0 Å². The molecule has 3 aliphatic heterocycles. The molecule has 5 N–H and O–H groups in total. The second-order valence-electron chi connectivity index (χ2n) is 17.6. The molecule has 0 aromatic heterocycles. The normalized spacial score (nSPS) is 47.4. The molecular weight excluding hydrogens is 712 g/mol. The number of cyclic esters (lactones) is 1. The van der Waals surface area contributed by atoms with Gasteiger partial charge in [0, 0.05) is 51.0 Å². The first-order valence-corrected chi connectivity index (χ1v) is 20.2. The van der Waals surface area contributed by atoms with Crippen molar-refractivity contribution in [1.29, 1.82) is 0 Å². The largest absolute Gasteiger partial charge is 0.459 e. The van der Waals surface area contributed by atoms with E-state index in [0.29, 0.717) is 25.9 Å². The van der Waals surface area contributed by atoms with Gasteiger partial charge in [0.15, 0.2) is 12.6 Å². The number of methoxy groups -OCH3 is 1. The zero-order valence-corrected chi connectivity index (χ0v) is 35.7. The topological polar surface area (TPSA) is 180 Å². The summed E-state index contributed by atoms with van der Waals surface area (Å²) in [6, 6.07) is -0.897. The van der Waals surface area contributed by atoms with E-state index in [1.807, 2.05) is 44.7 Å². The number of carbonyl (C=O) groups is 1. The number of aliphatic hydroxyl groups excluding tert-OH is 3. The Morgan fingerprint density at radius 3 is 2.22 bits per heavy atom. The highest BCUT2D eigenvalue weighted by Crippen LogP contribution is 2.40. The van der Waals surface area contributed by atoms with E-state index in [2.05, 4.69) is 5.92 Å². The SMILES string of the molecule is C#CCCN(C)[C@H]1C[C@@H](C)OC(O[C@@H]2[C@@H](C)[C@H](O[C@H]3C[C@@](C)(OC)[C@@H](O)[C@H](C)O3)[C@@H](C)C(=O)O[C@H](CC)[C@@](C)(O)[C@H](O)[C@@H](C)N(C)C[C@H](C)C[C@@]2(C)O)[C@@H]1O. The van der Waals surface area contributed by atoms with Crippen LogP contribution in [0.1, 0.15) is 101 Å². The summed E-state index contributed by atoms with van der Waals surface area (Å²) in [4.78, 5) is 18.2. The lowest BCUT2D eigenvalue weighted by atomic mass is 9.77. The van der Waals surface area contributed by atoms with Crippen molar-refractivity contribution in [2.75, 3.05) is 34.3 Å². The van der Waals surface area contributed by atoms with Gasteiger partial charge >= 0.3 is 5.97 Å². The first kappa shape index (κ1) is 47.9. The van der Waals surface area contributed by atoms with E-state index in [0.717, 1.165) is 0 Å². The Hall–Kier alpha value is -1.45. The van der Waals surface area contributed by atoms with Crippen LogP contribution in [0.5, 0.6) is 0 Å². The van der Waals surface area contributed by atoms with Crippen LogP contribution in [-0.2, 0) is 33.2 Å². The number of rotatable bonds is 9. The number of hydrogen-bond acceptors (Lipinski definition) is 14. The van der Waals surface area contributed by atoms with Gasteiger partial charge in [-0.05, 0) is 87.7 Å². The van der Waals surface area contributed by atoms with E-state index in [4.69, 9.17) is 34.8 Å². The van der Waals surface area contributed by atoms with Gasteiger partial charge in [-0.1, -0.05) is 20.8 Å². The lowest BCUT2D eigenvalue weighted by Gasteiger charge is -2.49. The Morgan fingerprint density at radius 1 is 1.00 bits per heavy atom. The van der Waals surface area contributed by atoms with Crippen molar-refractivity contribution >= 4 is 5.97 Å². The van der Waals surface area contributed by atoms with E-state index in [9.17, 15) is 30.3 Å². The highest BCUT2D eigenvalue weighted by Gasteiger charge is 2.52. The van der Waals surface area contributed by atoms with Crippen molar-refractivity contribution in [2.45, 2.75) is 192 Å². The Balaban J connectivity index is 2.17. The molecule has 3 fully saturated rings. The molecule has 0 aliphatic carbocycles. The summed E-state index contributed by atoms with van der Waals surface area (Å²) in [5.74, 6) is -0.0120. The van der Waals surface area contributed by atoms with Crippen LogP contribution in [0.3, 0.4) is 0 Å². The molecular formula is C41H74N2O12. The molecule has 0 bridgehead atoms. The molecule has 3 saturated heterocycles. The average molecular weight is 787 g/mol. The van der Waals surface area contributed by atoms with Gasteiger partial charge in [-0.25, -0.2) is 0 Å². The highest BCUT2D eigenvalue weighted by molar-refractivity contribution is 5.73. The third-order valence-electron chi connectivity index (χ3n) is 12.7. The summed E-state index contributed by atoms with van der Waals surface area (Å²) >= 11 is 0. The predicted octanol–water partition coefficient (Wildman–Crippen LogP) is 2.29. The molecule has 0 aromatic rings. The Labute approximate surface area is 330 Å². The van der Waals surface area contributed by atoms with Crippen molar-refractivity contribution in [3.63, 3.8) is 0 Å². The molecule has 1 unspecified atom stereocenters. The maximum Gasteiger partial charge on any atom is 0.311 e.